The Morgan fingerprint density at radius 2 is 2.28 bits per heavy atom. The minimum absolute atomic E-state index is 0. The number of benzene rings is 1. The van der Waals surface area contributed by atoms with Crippen molar-refractivity contribution in [1.82, 2.24) is 5.06 Å². The number of hydrogen-bond acceptors (Lipinski definition) is 11. The first-order valence-corrected chi connectivity index (χ1v) is 11.0. The van der Waals surface area contributed by atoms with Crippen molar-refractivity contribution in [2.45, 2.75) is 50.3 Å². The molecule has 3 unspecified atom stereocenters. The molecule has 0 aromatic heterocycles. The molecule has 0 saturated carbocycles. The Kier molecular flexibility index (Phi) is 11.4. The zero-order valence-corrected chi connectivity index (χ0v) is 21.8. The smallest absolute Gasteiger partial charge is 0.691 e. The van der Waals surface area contributed by atoms with Crippen LogP contribution in [0.3, 0.4) is 0 Å². The van der Waals surface area contributed by atoms with Crippen LogP contribution in [-0.2, 0) is 28.5 Å². The molecule has 0 bridgehead atoms. The molecule has 11 nitrogen and oxygen atoms in total. The van der Waals surface area contributed by atoms with E-state index in [0.717, 1.165) is 29.7 Å². The molecule has 0 N–H and O–H groups in total. The molecule has 2 fully saturated rings. The van der Waals surface area contributed by atoms with E-state index in [1.54, 1.807) is 18.2 Å². The SMILES string of the molecule is CCC1CC(C)OC(ON2C(=O)/C(=C/c3ccc(N=[N+]=[N-])cc3SOO[O-])SC2=S)O1.[Na+]. The number of carbonyl (C=O) groups excluding carboxylic acids is 1. The second kappa shape index (κ2) is 13.2. The summed E-state index contributed by atoms with van der Waals surface area (Å²) in [6, 6.07) is 4.61. The van der Waals surface area contributed by atoms with Gasteiger partial charge in [0.15, 0.2) is 4.32 Å². The van der Waals surface area contributed by atoms with E-state index in [4.69, 9.17) is 32.1 Å². The van der Waals surface area contributed by atoms with Gasteiger partial charge in [-0.1, -0.05) is 35.9 Å². The second-order valence-corrected chi connectivity index (χ2v) is 8.77. The number of thioether (sulfide) groups is 1. The molecule has 0 radical (unpaired) electrons. The van der Waals surface area contributed by atoms with Gasteiger partial charge in [0.05, 0.1) is 29.2 Å². The number of hydrogen-bond donors (Lipinski definition) is 0. The molecular formula is C17H17N4NaO7S3. The molecule has 2 aliphatic heterocycles. The molecule has 166 valence electrons. The number of amides is 1. The van der Waals surface area contributed by atoms with Crippen molar-refractivity contribution >= 4 is 58.0 Å². The van der Waals surface area contributed by atoms with E-state index >= 15 is 0 Å². The minimum Gasteiger partial charge on any atom is -0.691 e. The molecule has 2 heterocycles. The van der Waals surface area contributed by atoms with E-state index in [1.807, 2.05) is 13.8 Å². The molecule has 32 heavy (non-hydrogen) atoms. The van der Waals surface area contributed by atoms with Gasteiger partial charge in [-0.05, 0) is 55.2 Å². The monoisotopic (exact) mass is 508 g/mol. The van der Waals surface area contributed by atoms with Crippen molar-refractivity contribution in [3.8, 4) is 0 Å². The molecule has 2 aliphatic rings. The Morgan fingerprint density at radius 1 is 1.50 bits per heavy atom. The van der Waals surface area contributed by atoms with Gasteiger partial charge < -0.3 is 14.7 Å². The number of hydroxylamine groups is 2. The van der Waals surface area contributed by atoms with Crippen LogP contribution in [0, 0.1) is 0 Å². The van der Waals surface area contributed by atoms with Crippen molar-refractivity contribution in [3.05, 3.63) is 39.1 Å². The van der Waals surface area contributed by atoms with Gasteiger partial charge in [0.2, 0.25) is 0 Å². The van der Waals surface area contributed by atoms with Gasteiger partial charge in [-0.25, -0.2) is 4.84 Å². The maximum Gasteiger partial charge on any atom is 1.00 e. The average Bonchev–Trinajstić information content (AvgIpc) is 3.00. The Morgan fingerprint density at radius 3 is 2.97 bits per heavy atom. The number of nitrogens with zero attached hydrogens (tertiary/aromatic N) is 4. The van der Waals surface area contributed by atoms with Gasteiger partial charge in [-0.3, -0.25) is 9.83 Å². The van der Waals surface area contributed by atoms with Crippen LogP contribution in [0.25, 0.3) is 16.5 Å². The van der Waals surface area contributed by atoms with Crippen LogP contribution in [0.2, 0.25) is 0 Å². The topological polar surface area (TPSA) is 138 Å². The molecule has 0 spiro atoms. The Bertz CT molecular complexity index is 931. The Labute approximate surface area is 219 Å². The summed E-state index contributed by atoms with van der Waals surface area (Å²) in [7, 11) is 0. The first-order valence-electron chi connectivity index (χ1n) is 9.03. The minimum atomic E-state index is -1.05. The fraction of sp³-hybridized carbons (Fsp3) is 0.412. The maximum atomic E-state index is 12.9. The standard InChI is InChI=1S/C17H18N4O7S3.Na/c1-3-12-6-9(2)24-17(25-12)26-21-15(22)14(30-16(21)29)7-10-4-5-11(19-20-18)8-13(10)31-28-27-23;/h4-5,7-9,12,17,23H,3,6H2,1-2H3;/q;+1/p-1/b14-7-;. The van der Waals surface area contributed by atoms with Gasteiger partial charge in [-0.2, -0.15) is 9.40 Å². The predicted octanol–water partition coefficient (Wildman–Crippen LogP) is 0.883. The Balaban J connectivity index is 0.00000363. The van der Waals surface area contributed by atoms with E-state index in [2.05, 4.69) is 19.4 Å². The van der Waals surface area contributed by atoms with Crippen LogP contribution < -0.4 is 34.8 Å². The van der Waals surface area contributed by atoms with Crippen LogP contribution in [0.1, 0.15) is 32.3 Å². The maximum absolute atomic E-state index is 12.9. The van der Waals surface area contributed by atoms with Gasteiger partial charge in [0, 0.05) is 15.5 Å². The van der Waals surface area contributed by atoms with Gasteiger partial charge in [-0.15, -0.1) is 0 Å². The summed E-state index contributed by atoms with van der Waals surface area (Å²) < 4.78 is 15.8. The third-order valence-corrected chi connectivity index (χ3v) is 6.17. The van der Waals surface area contributed by atoms with E-state index in [9.17, 15) is 10.1 Å². The first kappa shape index (κ1) is 27.5. The second-order valence-electron chi connectivity index (χ2n) is 6.35. The number of ether oxygens (including phenoxy) is 2. The van der Waals surface area contributed by atoms with E-state index < -0.39 is 12.4 Å². The molecule has 0 aliphatic carbocycles. The van der Waals surface area contributed by atoms with E-state index in [1.165, 1.54) is 6.07 Å². The predicted molar refractivity (Wildman–Crippen MR) is 113 cm³/mol. The molecular weight excluding hydrogens is 491 g/mol. The van der Waals surface area contributed by atoms with Gasteiger partial charge in [0.1, 0.15) is 0 Å². The molecule has 2 saturated heterocycles. The third kappa shape index (κ3) is 7.14. The number of rotatable bonds is 8. The number of thiocarbonyl (C=S) groups is 1. The molecule has 1 aromatic carbocycles. The largest absolute Gasteiger partial charge is 1.00 e. The van der Waals surface area contributed by atoms with Crippen molar-refractivity contribution in [3.63, 3.8) is 0 Å². The van der Waals surface area contributed by atoms with Gasteiger partial charge >= 0.3 is 29.6 Å². The normalized spacial score (nSPS) is 24.4. The van der Waals surface area contributed by atoms with Crippen LogP contribution in [-0.4, -0.2) is 34.0 Å². The number of azide groups is 1. The van der Waals surface area contributed by atoms with Crippen molar-refractivity contribution < 1.29 is 63.3 Å². The Hall–Kier alpha value is -0.710. The van der Waals surface area contributed by atoms with Crippen molar-refractivity contribution in [2.75, 3.05) is 0 Å². The fourth-order valence-corrected chi connectivity index (χ4v) is 4.46. The molecule has 3 rings (SSSR count). The summed E-state index contributed by atoms with van der Waals surface area (Å²) in [4.78, 5) is 21.8. The summed E-state index contributed by atoms with van der Waals surface area (Å²) in [6.45, 7) is 2.85. The van der Waals surface area contributed by atoms with Crippen LogP contribution >= 0.6 is 36.0 Å². The molecule has 15 heteroatoms. The fourth-order valence-electron chi connectivity index (χ4n) is 2.82. The summed E-state index contributed by atoms with van der Waals surface area (Å²) in [5.41, 5.74) is 9.39. The molecule has 3 atom stereocenters. The van der Waals surface area contributed by atoms with Crippen molar-refractivity contribution in [1.29, 1.82) is 0 Å². The molecule has 1 amide bonds. The van der Waals surface area contributed by atoms with E-state index in [0.29, 0.717) is 28.2 Å². The summed E-state index contributed by atoms with van der Waals surface area (Å²) >= 11 is 6.90. The summed E-state index contributed by atoms with van der Waals surface area (Å²) in [5.74, 6) is -0.496. The summed E-state index contributed by atoms with van der Waals surface area (Å²) in [5, 5.41) is 18.0. The first-order chi connectivity index (χ1) is 14.9. The summed E-state index contributed by atoms with van der Waals surface area (Å²) in [6.07, 6.45) is 2.93. The quantitative estimate of drug-likeness (QED) is 0.0572. The third-order valence-electron chi connectivity index (χ3n) is 4.24. The van der Waals surface area contributed by atoms with Crippen LogP contribution in [0.15, 0.2) is 33.1 Å². The molecule has 1 aromatic rings. The zero-order valence-electron chi connectivity index (χ0n) is 17.3. The van der Waals surface area contributed by atoms with Crippen molar-refractivity contribution in [2.24, 2.45) is 5.11 Å². The van der Waals surface area contributed by atoms with Crippen LogP contribution in [0.4, 0.5) is 5.69 Å². The zero-order chi connectivity index (χ0) is 22.4. The van der Waals surface area contributed by atoms with Gasteiger partial charge in [0.25, 0.3) is 12.4 Å². The van der Waals surface area contributed by atoms with Crippen LogP contribution in [0.5, 0.6) is 0 Å². The number of carbonyl (C=O) groups is 1. The average molecular weight is 509 g/mol. The van der Waals surface area contributed by atoms with E-state index in [-0.39, 0.29) is 51.0 Å².